The molecule has 2 N–H and O–H groups in total. The van der Waals surface area contributed by atoms with Gasteiger partial charge in [0.25, 0.3) is 0 Å². The average Bonchev–Trinajstić information content (AvgIpc) is 3.29. The number of likely N-dealkylation sites (tertiary alicyclic amines) is 1. The van der Waals surface area contributed by atoms with Crippen molar-refractivity contribution in [3.05, 3.63) is 12.7 Å². The summed E-state index contributed by atoms with van der Waals surface area (Å²) < 4.78 is -0.837. The lowest BCUT2D eigenvalue weighted by Crippen LogP contribution is -2.61. The molecule has 2 bridgehead atoms. The molecule has 3 aliphatic heterocycles. The predicted molar refractivity (Wildman–Crippen MR) is 138 cm³/mol. The molecule has 3 saturated heterocycles. The zero-order valence-corrected chi connectivity index (χ0v) is 23.5. The highest BCUT2D eigenvalue weighted by atomic mass is 79.9. The van der Waals surface area contributed by atoms with Crippen molar-refractivity contribution in [2.24, 2.45) is 17.3 Å². The number of carboxylic acids is 1. The van der Waals surface area contributed by atoms with Crippen molar-refractivity contribution in [1.29, 1.82) is 0 Å². The van der Waals surface area contributed by atoms with Crippen molar-refractivity contribution in [3.8, 4) is 0 Å². The van der Waals surface area contributed by atoms with Gasteiger partial charge in [-0.15, -0.1) is 18.3 Å². The Hall–Kier alpha value is -1.06. The fourth-order valence-electron chi connectivity index (χ4n) is 6.74. The second-order valence-corrected chi connectivity index (χ2v) is 14.5. The van der Waals surface area contributed by atoms with Crippen LogP contribution in [0, 0.1) is 17.3 Å². The first-order valence-corrected chi connectivity index (χ1v) is 13.9. The Morgan fingerprint density at radius 3 is 2.44 bits per heavy atom. The van der Waals surface area contributed by atoms with E-state index in [1.54, 1.807) is 11.0 Å². The number of aliphatic hydroxyl groups excluding tert-OH is 1. The lowest BCUT2D eigenvalue weighted by Gasteiger charge is -2.46. The maximum absolute atomic E-state index is 14.5. The minimum atomic E-state index is -0.997. The summed E-state index contributed by atoms with van der Waals surface area (Å²) >= 11 is 5.16. The summed E-state index contributed by atoms with van der Waals surface area (Å²) in [4.78, 5) is 43.9. The Balaban J connectivity index is 2.15. The van der Waals surface area contributed by atoms with Crippen LogP contribution in [-0.4, -0.2) is 83.4 Å². The van der Waals surface area contributed by atoms with Gasteiger partial charge in [-0.3, -0.25) is 14.4 Å². The molecule has 7 nitrogen and oxygen atoms in total. The lowest BCUT2D eigenvalue weighted by atomic mass is 9.70. The molecule has 3 fully saturated rings. The first-order valence-electron chi connectivity index (χ1n) is 12.1. The molecule has 7 atom stereocenters. The Morgan fingerprint density at radius 1 is 1.35 bits per heavy atom. The van der Waals surface area contributed by atoms with Gasteiger partial charge in [-0.25, -0.2) is 0 Å². The molecule has 3 heterocycles. The van der Waals surface area contributed by atoms with Crippen LogP contribution >= 0.6 is 27.7 Å². The van der Waals surface area contributed by atoms with Crippen LogP contribution in [0.4, 0.5) is 0 Å². The highest BCUT2D eigenvalue weighted by molar-refractivity contribution is 9.09. The Bertz CT molecular complexity index is 855. The van der Waals surface area contributed by atoms with E-state index in [1.165, 1.54) is 11.8 Å². The van der Waals surface area contributed by atoms with Crippen molar-refractivity contribution in [3.63, 3.8) is 0 Å². The van der Waals surface area contributed by atoms with Crippen LogP contribution in [0.5, 0.6) is 0 Å². The standard InChI is InChI=1S/C25H39BrN2O5S/c1-8-10-27(24(6,7)13-23(3,4)5)21(31)19-25-11-15(26)18(34-25)16(22(32)33)17(25)20(30)28(19)14(9-2)12-29/h8,14-19,29H,1,9-13H2,2-7H3,(H,32,33)/t14-,15?,16-,17-,18-,19?,25?/m0/s1. The van der Waals surface area contributed by atoms with Crippen LogP contribution < -0.4 is 0 Å². The number of halogens is 1. The van der Waals surface area contributed by atoms with E-state index < -0.39 is 40.2 Å². The molecule has 0 aromatic carbocycles. The molecule has 2 amide bonds. The largest absolute Gasteiger partial charge is 0.481 e. The molecule has 0 saturated carbocycles. The van der Waals surface area contributed by atoms with Gasteiger partial charge in [0.15, 0.2) is 0 Å². The number of carboxylic acid groups (broad SMARTS) is 1. The van der Waals surface area contributed by atoms with Crippen LogP contribution in [0.2, 0.25) is 0 Å². The zero-order valence-electron chi connectivity index (χ0n) is 21.1. The molecule has 0 radical (unpaired) electrons. The molecule has 0 aromatic rings. The van der Waals surface area contributed by atoms with E-state index in [0.717, 1.165) is 6.42 Å². The quantitative estimate of drug-likeness (QED) is 0.332. The molecule has 0 aromatic heterocycles. The van der Waals surface area contributed by atoms with Gasteiger partial charge in [0, 0.05) is 22.2 Å². The average molecular weight is 560 g/mol. The second-order valence-electron chi connectivity index (χ2n) is 11.8. The number of hydrogen-bond donors (Lipinski definition) is 2. The number of fused-ring (bicyclic) bond motifs is 1. The van der Waals surface area contributed by atoms with E-state index in [9.17, 15) is 24.6 Å². The van der Waals surface area contributed by atoms with Crippen molar-refractivity contribution >= 4 is 45.5 Å². The Labute approximate surface area is 215 Å². The van der Waals surface area contributed by atoms with E-state index in [1.807, 2.05) is 25.7 Å². The van der Waals surface area contributed by atoms with Gasteiger partial charge >= 0.3 is 5.97 Å². The van der Waals surface area contributed by atoms with Crippen molar-refractivity contribution < 1.29 is 24.6 Å². The van der Waals surface area contributed by atoms with Crippen LogP contribution in [0.15, 0.2) is 12.7 Å². The minimum Gasteiger partial charge on any atom is -0.481 e. The van der Waals surface area contributed by atoms with E-state index in [4.69, 9.17) is 0 Å². The third-order valence-electron chi connectivity index (χ3n) is 7.59. The topological polar surface area (TPSA) is 98.2 Å². The van der Waals surface area contributed by atoms with Gasteiger partial charge in [0.05, 0.1) is 29.2 Å². The molecule has 3 aliphatic rings. The summed E-state index contributed by atoms with van der Waals surface area (Å²) in [6.45, 7) is 16.3. The summed E-state index contributed by atoms with van der Waals surface area (Å²) in [6.07, 6.45) is 3.46. The molecule has 3 unspecified atom stereocenters. The molecular weight excluding hydrogens is 520 g/mol. The van der Waals surface area contributed by atoms with Crippen LogP contribution in [0.25, 0.3) is 0 Å². The molecule has 192 valence electrons. The maximum atomic E-state index is 14.5. The number of aliphatic carboxylic acids is 1. The van der Waals surface area contributed by atoms with E-state index in [0.29, 0.717) is 19.4 Å². The SMILES string of the molecule is C=CCN(C(=O)C1N([C@@H](CC)CO)C(=O)[C@@H]2[C@H](C(=O)O)[C@H]3SC12CC3Br)C(C)(C)CC(C)(C)C. The molecule has 0 aliphatic carbocycles. The smallest absolute Gasteiger partial charge is 0.308 e. The van der Waals surface area contributed by atoms with Crippen LogP contribution in [-0.2, 0) is 14.4 Å². The first-order chi connectivity index (χ1) is 15.7. The van der Waals surface area contributed by atoms with Gasteiger partial charge in [0.1, 0.15) is 6.04 Å². The Kier molecular flexibility index (Phi) is 7.64. The second kappa shape index (κ2) is 9.43. The summed E-state index contributed by atoms with van der Waals surface area (Å²) in [6, 6.07) is -1.37. The third-order valence-corrected chi connectivity index (χ3v) is 10.8. The zero-order chi connectivity index (χ0) is 25.8. The van der Waals surface area contributed by atoms with Crippen LogP contribution in [0.1, 0.15) is 60.8 Å². The van der Waals surface area contributed by atoms with Gasteiger partial charge in [0.2, 0.25) is 11.8 Å². The molecule has 3 rings (SSSR count). The van der Waals surface area contributed by atoms with E-state index in [2.05, 4.69) is 43.3 Å². The monoisotopic (exact) mass is 558 g/mol. The van der Waals surface area contributed by atoms with Crippen LogP contribution in [0.3, 0.4) is 0 Å². The third kappa shape index (κ3) is 4.34. The minimum absolute atomic E-state index is 0.0395. The number of carbonyl (C=O) groups excluding carboxylic acids is 2. The number of amides is 2. The fraction of sp³-hybridized carbons (Fsp3) is 0.800. The predicted octanol–water partition coefficient (Wildman–Crippen LogP) is 3.54. The molecular formula is C25H39BrN2O5S. The lowest BCUT2D eigenvalue weighted by molar-refractivity contribution is -0.150. The Morgan fingerprint density at radius 2 is 1.97 bits per heavy atom. The number of rotatable bonds is 9. The van der Waals surface area contributed by atoms with Gasteiger partial charge in [-0.1, -0.05) is 49.7 Å². The molecule has 1 spiro atoms. The van der Waals surface area contributed by atoms with Crippen molar-refractivity contribution in [2.75, 3.05) is 13.2 Å². The number of alkyl halides is 1. The fourth-order valence-corrected chi connectivity index (χ4v) is 10.3. The molecule has 34 heavy (non-hydrogen) atoms. The van der Waals surface area contributed by atoms with Crippen molar-refractivity contribution in [1.82, 2.24) is 9.80 Å². The summed E-state index contributed by atoms with van der Waals surface area (Å²) in [5.41, 5.74) is -0.558. The van der Waals surface area contributed by atoms with E-state index in [-0.39, 0.29) is 33.9 Å². The first kappa shape index (κ1) is 27.5. The highest BCUT2D eigenvalue weighted by Gasteiger charge is 2.76. The van der Waals surface area contributed by atoms with Crippen molar-refractivity contribution in [2.45, 2.75) is 93.3 Å². The highest BCUT2D eigenvalue weighted by Crippen LogP contribution is 2.68. The maximum Gasteiger partial charge on any atom is 0.308 e. The normalized spacial score (nSPS) is 33.7. The number of aliphatic hydroxyl groups is 1. The molecule has 9 heteroatoms. The van der Waals surface area contributed by atoms with Gasteiger partial charge in [-0.2, -0.15) is 0 Å². The summed E-state index contributed by atoms with van der Waals surface area (Å²) in [5.74, 6) is -3.13. The number of carbonyl (C=O) groups is 3. The summed E-state index contributed by atoms with van der Waals surface area (Å²) in [7, 11) is 0. The number of nitrogens with zero attached hydrogens (tertiary/aromatic N) is 2. The van der Waals surface area contributed by atoms with E-state index >= 15 is 0 Å². The summed E-state index contributed by atoms with van der Waals surface area (Å²) in [5, 5.41) is 19.9. The van der Waals surface area contributed by atoms with Gasteiger partial charge in [-0.05, 0) is 38.5 Å². The number of hydrogen-bond acceptors (Lipinski definition) is 5. The van der Waals surface area contributed by atoms with Gasteiger partial charge < -0.3 is 20.0 Å². The number of thioether (sulfide) groups is 1.